The Morgan fingerprint density at radius 1 is 1.11 bits per heavy atom. The van der Waals surface area contributed by atoms with Crippen LogP contribution in [0.5, 0.6) is 0 Å². The van der Waals surface area contributed by atoms with Gasteiger partial charge in [-0.05, 0) is 67.6 Å². The van der Waals surface area contributed by atoms with Crippen molar-refractivity contribution in [2.24, 2.45) is 40.4 Å². The Kier molecular flexibility index (Phi) is 3.61. The van der Waals surface area contributed by atoms with Crippen molar-refractivity contribution in [1.82, 2.24) is 0 Å². The summed E-state index contributed by atoms with van der Waals surface area (Å²) in [5.41, 5.74) is 2.05. The molecule has 4 heteroatoms. The maximum absolute atomic E-state index is 11.4. The molecule has 8 atom stereocenters. The predicted octanol–water partition coefficient (Wildman–Crippen LogP) is 4.48. The maximum atomic E-state index is 11.4. The van der Waals surface area contributed by atoms with Gasteiger partial charge in [-0.3, -0.25) is 4.79 Å². The quantitative estimate of drug-likeness (QED) is 0.492. The van der Waals surface area contributed by atoms with E-state index in [4.69, 9.17) is 14.2 Å². The zero-order valence-electron chi connectivity index (χ0n) is 17.5. The highest BCUT2D eigenvalue weighted by molar-refractivity contribution is 5.66. The normalized spacial score (nSPS) is 52.9. The van der Waals surface area contributed by atoms with Crippen LogP contribution in [0, 0.1) is 40.4 Å². The first-order valence-corrected chi connectivity index (χ1v) is 11.5. The summed E-state index contributed by atoms with van der Waals surface area (Å²) in [7, 11) is 0. The van der Waals surface area contributed by atoms with E-state index in [0.717, 1.165) is 56.1 Å². The lowest BCUT2D eigenvalue weighted by Crippen LogP contribution is -2.57. The van der Waals surface area contributed by atoms with Gasteiger partial charge in [0.25, 0.3) is 0 Å². The van der Waals surface area contributed by atoms with Crippen molar-refractivity contribution < 1.29 is 19.0 Å². The van der Waals surface area contributed by atoms with Crippen LogP contribution >= 0.6 is 0 Å². The molecule has 154 valence electrons. The largest absolute Gasteiger partial charge is 0.462 e. The number of carbonyl (C=O) groups excluding carboxylic acids is 1. The van der Waals surface area contributed by atoms with E-state index in [1.807, 2.05) is 0 Å². The summed E-state index contributed by atoms with van der Waals surface area (Å²) >= 11 is 0. The van der Waals surface area contributed by atoms with Gasteiger partial charge in [-0.25, -0.2) is 0 Å². The van der Waals surface area contributed by atoms with Crippen LogP contribution in [-0.2, 0) is 19.0 Å². The molecule has 0 aromatic rings. The summed E-state index contributed by atoms with van der Waals surface area (Å²) in [5.74, 6) is 3.32. The molecule has 0 bridgehead atoms. The molecule has 1 aliphatic heterocycles. The SMILES string of the molecule is CC(=O)OC1CC[C@@]2(C)C(=CC[C@H]3[C@@H]4[C@@H]5C[C@@H]5C5(OCCO5)[C@@]4(C)CC[C@@H]32)C1. The zero-order valence-corrected chi connectivity index (χ0v) is 17.5. The highest BCUT2D eigenvalue weighted by Crippen LogP contribution is 2.78. The van der Waals surface area contributed by atoms with Crippen LogP contribution in [0.2, 0.25) is 0 Å². The maximum Gasteiger partial charge on any atom is 0.302 e. The Hall–Kier alpha value is -0.870. The Morgan fingerprint density at radius 3 is 2.64 bits per heavy atom. The minimum atomic E-state index is -0.273. The van der Waals surface area contributed by atoms with E-state index >= 15 is 0 Å². The molecule has 0 amide bonds. The van der Waals surface area contributed by atoms with Gasteiger partial charge < -0.3 is 14.2 Å². The summed E-state index contributed by atoms with van der Waals surface area (Å²) in [6.07, 6.45) is 10.8. The molecular formula is C24H34O4. The first kappa shape index (κ1) is 17.9. The van der Waals surface area contributed by atoms with Crippen molar-refractivity contribution in [3.05, 3.63) is 11.6 Å². The standard InChI is InChI=1S/C24H34O4/c1-14(25)28-16-6-8-22(2)15(12-16)4-5-17-19(22)7-9-23(3)21(17)18-13-20(18)24(23)26-10-11-27-24/h4,16-21H,5-13H2,1-3H3/t16?,17-,18-,19+,20+,21-,22+,23+/m1/s1. The minimum Gasteiger partial charge on any atom is -0.462 e. The van der Waals surface area contributed by atoms with E-state index in [-0.39, 0.29) is 23.3 Å². The first-order chi connectivity index (χ1) is 13.4. The van der Waals surface area contributed by atoms with Crippen LogP contribution in [0.3, 0.4) is 0 Å². The van der Waals surface area contributed by atoms with E-state index in [1.165, 1.54) is 32.6 Å². The molecule has 0 aromatic carbocycles. The van der Waals surface area contributed by atoms with Crippen LogP contribution in [-0.4, -0.2) is 31.1 Å². The predicted molar refractivity (Wildman–Crippen MR) is 104 cm³/mol. The third-order valence-corrected chi connectivity index (χ3v) is 9.94. The molecule has 0 radical (unpaired) electrons. The van der Waals surface area contributed by atoms with Gasteiger partial charge in [-0.15, -0.1) is 0 Å². The van der Waals surface area contributed by atoms with Crippen LogP contribution < -0.4 is 0 Å². The van der Waals surface area contributed by atoms with Gasteiger partial charge in [0.15, 0.2) is 5.79 Å². The van der Waals surface area contributed by atoms with E-state index in [1.54, 1.807) is 5.57 Å². The molecule has 6 aliphatic rings. The molecule has 1 unspecified atom stereocenters. The highest BCUT2D eigenvalue weighted by Gasteiger charge is 2.79. The minimum absolute atomic E-state index is 0.0880. The van der Waals surface area contributed by atoms with Crippen molar-refractivity contribution in [2.75, 3.05) is 13.2 Å². The zero-order chi connectivity index (χ0) is 19.3. The molecule has 0 N–H and O–H groups in total. The van der Waals surface area contributed by atoms with Gasteiger partial charge in [0.05, 0.1) is 13.2 Å². The number of hydrogen-bond acceptors (Lipinski definition) is 4. The Bertz CT molecular complexity index is 737. The molecule has 5 aliphatic carbocycles. The van der Waals surface area contributed by atoms with Gasteiger partial charge in [0, 0.05) is 24.7 Å². The number of carbonyl (C=O) groups is 1. The monoisotopic (exact) mass is 386 g/mol. The molecule has 28 heavy (non-hydrogen) atoms. The van der Waals surface area contributed by atoms with E-state index in [2.05, 4.69) is 19.9 Å². The summed E-state index contributed by atoms with van der Waals surface area (Å²) in [6.45, 7) is 8.10. The topological polar surface area (TPSA) is 44.8 Å². The van der Waals surface area contributed by atoms with Gasteiger partial charge >= 0.3 is 5.97 Å². The summed E-state index contributed by atoms with van der Waals surface area (Å²) in [4.78, 5) is 11.4. The third kappa shape index (κ3) is 2.07. The number of allylic oxidation sites excluding steroid dienone is 1. The van der Waals surface area contributed by atoms with Gasteiger partial charge in [-0.1, -0.05) is 25.5 Å². The second kappa shape index (κ2) is 5.63. The third-order valence-electron chi connectivity index (χ3n) is 9.94. The van der Waals surface area contributed by atoms with Crippen LogP contribution in [0.4, 0.5) is 0 Å². The van der Waals surface area contributed by atoms with Crippen molar-refractivity contribution in [1.29, 1.82) is 0 Å². The molecule has 1 heterocycles. The lowest BCUT2D eigenvalue weighted by Gasteiger charge is -2.59. The number of esters is 1. The average Bonchev–Trinajstić information content (AvgIpc) is 3.20. The van der Waals surface area contributed by atoms with Gasteiger partial charge in [0.1, 0.15) is 6.10 Å². The molecule has 1 saturated heterocycles. The Morgan fingerprint density at radius 2 is 1.89 bits per heavy atom. The highest BCUT2D eigenvalue weighted by atomic mass is 16.7. The van der Waals surface area contributed by atoms with E-state index in [9.17, 15) is 4.79 Å². The lowest BCUT2D eigenvalue weighted by molar-refractivity contribution is -0.260. The van der Waals surface area contributed by atoms with Crippen LogP contribution in [0.1, 0.15) is 65.7 Å². The summed E-state index contributed by atoms with van der Waals surface area (Å²) in [6, 6.07) is 0. The van der Waals surface area contributed by atoms with Crippen molar-refractivity contribution >= 4 is 5.97 Å². The second-order valence-electron chi connectivity index (χ2n) is 11.0. The Labute approximate surface area is 168 Å². The van der Waals surface area contributed by atoms with Crippen LogP contribution in [0.15, 0.2) is 11.6 Å². The fourth-order valence-corrected chi connectivity index (χ4v) is 8.86. The number of rotatable bonds is 1. The summed E-state index contributed by atoms with van der Waals surface area (Å²) in [5, 5.41) is 0. The first-order valence-electron chi connectivity index (χ1n) is 11.5. The molecule has 0 aromatic heterocycles. The van der Waals surface area contributed by atoms with Gasteiger partial charge in [-0.2, -0.15) is 0 Å². The smallest absolute Gasteiger partial charge is 0.302 e. The number of hydrogen-bond donors (Lipinski definition) is 0. The van der Waals surface area contributed by atoms with Crippen molar-refractivity contribution in [3.63, 3.8) is 0 Å². The molecular weight excluding hydrogens is 352 g/mol. The number of ether oxygens (including phenoxy) is 3. The molecule has 5 fully saturated rings. The number of fused-ring (bicyclic) bond motifs is 9. The second-order valence-corrected chi connectivity index (χ2v) is 11.0. The fraction of sp³-hybridized carbons (Fsp3) is 0.875. The van der Waals surface area contributed by atoms with Crippen LogP contribution in [0.25, 0.3) is 0 Å². The van der Waals surface area contributed by atoms with E-state index < -0.39 is 0 Å². The van der Waals surface area contributed by atoms with Crippen molar-refractivity contribution in [3.8, 4) is 0 Å². The molecule has 6 rings (SSSR count). The fourth-order valence-electron chi connectivity index (χ4n) is 8.86. The molecule has 4 saturated carbocycles. The van der Waals surface area contributed by atoms with Crippen molar-refractivity contribution in [2.45, 2.75) is 77.6 Å². The molecule has 1 spiro atoms. The van der Waals surface area contributed by atoms with Gasteiger partial charge in [0.2, 0.25) is 0 Å². The average molecular weight is 387 g/mol. The molecule has 4 nitrogen and oxygen atoms in total. The summed E-state index contributed by atoms with van der Waals surface area (Å²) < 4.78 is 18.4. The lowest BCUT2D eigenvalue weighted by atomic mass is 9.47. The Balaban J connectivity index is 1.31. The van der Waals surface area contributed by atoms with E-state index in [0.29, 0.717) is 11.3 Å².